The molecule has 0 radical (unpaired) electrons. The average molecular weight is 417 g/mol. The second kappa shape index (κ2) is 7.02. The minimum absolute atomic E-state index is 0.0192. The Balaban J connectivity index is 1.38. The molecule has 1 amide bonds. The lowest BCUT2D eigenvalue weighted by Gasteiger charge is -2.40. The standard InChI is InChI=1S/C20H24N4O4S/c1-12-2-3-29-17(12)8-23-6-14-13(9-25)16-7-24(11-20(14,10-23)28-16)19(27)15-4-22-18(26)5-21-15/h2-5,13-14,16,25H,6-11H2,1H3,(H,22,26)/t13-,14+,16+,20-/m0/s1. The third-order valence-electron chi connectivity index (χ3n) is 6.59. The van der Waals surface area contributed by atoms with Gasteiger partial charge in [-0.3, -0.25) is 14.5 Å². The van der Waals surface area contributed by atoms with Gasteiger partial charge >= 0.3 is 0 Å². The van der Waals surface area contributed by atoms with E-state index in [4.69, 9.17) is 4.74 Å². The number of hydrogen-bond donors (Lipinski definition) is 2. The molecule has 2 bridgehead atoms. The highest BCUT2D eigenvalue weighted by molar-refractivity contribution is 7.10. The fourth-order valence-corrected chi connectivity index (χ4v) is 6.14. The number of aliphatic hydroxyl groups excluding tert-OH is 1. The first-order chi connectivity index (χ1) is 14.0. The smallest absolute Gasteiger partial charge is 0.274 e. The number of hydrogen-bond acceptors (Lipinski definition) is 7. The second-order valence-corrected chi connectivity index (χ2v) is 9.35. The molecule has 5 rings (SSSR count). The zero-order valence-electron chi connectivity index (χ0n) is 16.2. The monoisotopic (exact) mass is 416 g/mol. The summed E-state index contributed by atoms with van der Waals surface area (Å²) in [5.41, 5.74) is 0.729. The number of nitrogens with one attached hydrogen (secondary N) is 1. The Labute approximate surface area is 172 Å². The van der Waals surface area contributed by atoms with Crippen molar-refractivity contribution >= 4 is 17.2 Å². The van der Waals surface area contributed by atoms with Crippen LogP contribution in [0.15, 0.2) is 28.6 Å². The van der Waals surface area contributed by atoms with Crippen molar-refractivity contribution in [3.63, 3.8) is 0 Å². The van der Waals surface area contributed by atoms with Crippen LogP contribution in [0.2, 0.25) is 0 Å². The van der Waals surface area contributed by atoms with Crippen LogP contribution in [-0.2, 0) is 11.3 Å². The Bertz CT molecular complexity index is 970. The Morgan fingerprint density at radius 2 is 2.31 bits per heavy atom. The molecule has 1 spiro atoms. The quantitative estimate of drug-likeness (QED) is 0.752. The SMILES string of the molecule is Cc1ccsc1CN1C[C@@H]2[C@H](CO)[C@H]3CN(C(=O)c4c[nH]c(=O)cn4)C[C@]2(C1)O3. The third kappa shape index (κ3) is 3.13. The number of morpholine rings is 1. The molecule has 4 atom stereocenters. The predicted molar refractivity (Wildman–Crippen MR) is 107 cm³/mol. The summed E-state index contributed by atoms with van der Waals surface area (Å²) < 4.78 is 6.46. The van der Waals surface area contributed by atoms with Crippen molar-refractivity contribution in [2.45, 2.75) is 25.2 Å². The highest BCUT2D eigenvalue weighted by Crippen LogP contribution is 2.49. The normalized spacial score (nSPS) is 31.2. The summed E-state index contributed by atoms with van der Waals surface area (Å²) in [4.78, 5) is 36.3. The van der Waals surface area contributed by atoms with Gasteiger partial charge in [0, 0.05) is 55.7 Å². The van der Waals surface area contributed by atoms with E-state index in [0.717, 1.165) is 25.8 Å². The van der Waals surface area contributed by atoms with Crippen LogP contribution >= 0.6 is 11.3 Å². The molecule has 9 heteroatoms. The molecule has 2 aromatic heterocycles. The number of aromatic amines is 1. The van der Waals surface area contributed by atoms with Gasteiger partial charge in [0.15, 0.2) is 0 Å². The van der Waals surface area contributed by atoms with Gasteiger partial charge in [0.2, 0.25) is 0 Å². The zero-order chi connectivity index (χ0) is 20.2. The van der Waals surface area contributed by atoms with Crippen LogP contribution in [0.5, 0.6) is 0 Å². The summed E-state index contributed by atoms with van der Waals surface area (Å²) in [6, 6.07) is 2.14. The molecular formula is C20H24N4O4S. The molecule has 29 heavy (non-hydrogen) atoms. The van der Waals surface area contributed by atoms with Crippen molar-refractivity contribution in [3.8, 4) is 0 Å². The van der Waals surface area contributed by atoms with Crippen LogP contribution in [0.3, 0.4) is 0 Å². The average Bonchev–Trinajstić information content (AvgIpc) is 3.31. The van der Waals surface area contributed by atoms with Gasteiger partial charge in [-0.15, -0.1) is 11.3 Å². The van der Waals surface area contributed by atoms with Crippen molar-refractivity contribution < 1.29 is 14.6 Å². The van der Waals surface area contributed by atoms with E-state index in [1.165, 1.54) is 16.6 Å². The number of nitrogens with zero attached hydrogens (tertiary/aromatic N) is 3. The number of carbonyl (C=O) groups is 1. The van der Waals surface area contributed by atoms with Crippen molar-refractivity contribution in [2.75, 3.05) is 32.8 Å². The largest absolute Gasteiger partial charge is 0.396 e. The number of likely N-dealkylation sites (tertiary alicyclic amines) is 2. The van der Waals surface area contributed by atoms with Crippen molar-refractivity contribution in [2.24, 2.45) is 11.8 Å². The molecular weight excluding hydrogens is 392 g/mol. The Morgan fingerprint density at radius 1 is 1.45 bits per heavy atom. The molecule has 0 aromatic carbocycles. The highest BCUT2D eigenvalue weighted by atomic mass is 32.1. The number of aryl methyl sites for hydroxylation is 1. The summed E-state index contributed by atoms with van der Waals surface area (Å²) in [5.74, 6) is 0.00342. The molecule has 154 valence electrons. The number of rotatable bonds is 4. The van der Waals surface area contributed by atoms with Gasteiger partial charge in [0.05, 0.1) is 18.8 Å². The zero-order valence-corrected chi connectivity index (χ0v) is 17.0. The van der Waals surface area contributed by atoms with Gasteiger partial charge in [-0.25, -0.2) is 4.98 Å². The van der Waals surface area contributed by atoms with E-state index in [1.54, 1.807) is 16.2 Å². The molecule has 0 unspecified atom stereocenters. The number of aromatic nitrogens is 2. The fraction of sp³-hybridized carbons (Fsp3) is 0.550. The number of thiophene rings is 1. The van der Waals surface area contributed by atoms with Gasteiger partial charge in [-0.1, -0.05) is 0 Å². The summed E-state index contributed by atoms with van der Waals surface area (Å²) >= 11 is 1.76. The summed E-state index contributed by atoms with van der Waals surface area (Å²) in [7, 11) is 0. The van der Waals surface area contributed by atoms with Crippen molar-refractivity contribution in [1.29, 1.82) is 0 Å². The molecule has 3 aliphatic heterocycles. The first-order valence-corrected chi connectivity index (χ1v) is 10.7. The van der Waals surface area contributed by atoms with Gasteiger partial charge < -0.3 is 19.7 Å². The maximum absolute atomic E-state index is 13.0. The molecule has 2 aromatic rings. The molecule has 2 N–H and O–H groups in total. The molecule has 3 aliphatic rings. The highest BCUT2D eigenvalue weighted by Gasteiger charge is 2.62. The van der Waals surface area contributed by atoms with E-state index < -0.39 is 5.60 Å². The number of aliphatic hydroxyl groups is 1. The molecule has 0 saturated carbocycles. The minimum atomic E-state index is -0.459. The van der Waals surface area contributed by atoms with Crippen molar-refractivity contribution in [1.82, 2.24) is 19.8 Å². The maximum atomic E-state index is 13.0. The lowest BCUT2D eigenvalue weighted by Crippen LogP contribution is -2.55. The van der Waals surface area contributed by atoms with Crippen LogP contribution < -0.4 is 5.56 Å². The maximum Gasteiger partial charge on any atom is 0.274 e. The van der Waals surface area contributed by atoms with Crippen LogP contribution in [-0.4, -0.2) is 75.3 Å². The summed E-state index contributed by atoms with van der Waals surface area (Å²) in [5, 5.41) is 12.2. The van der Waals surface area contributed by atoms with E-state index in [2.05, 4.69) is 33.2 Å². The van der Waals surface area contributed by atoms with Crippen LogP contribution in [0.4, 0.5) is 0 Å². The van der Waals surface area contributed by atoms with E-state index in [1.807, 2.05) is 0 Å². The first-order valence-electron chi connectivity index (χ1n) is 9.87. The summed E-state index contributed by atoms with van der Waals surface area (Å²) in [6.45, 7) is 5.56. The predicted octanol–water partition coefficient (Wildman–Crippen LogP) is 0.474. The van der Waals surface area contributed by atoms with E-state index in [-0.39, 0.29) is 41.7 Å². The van der Waals surface area contributed by atoms with E-state index in [0.29, 0.717) is 13.1 Å². The lowest BCUT2D eigenvalue weighted by molar-refractivity contribution is -0.108. The molecule has 0 aliphatic carbocycles. The number of ether oxygens (including phenoxy) is 1. The first kappa shape index (κ1) is 18.9. The molecule has 5 heterocycles. The van der Waals surface area contributed by atoms with Gasteiger partial charge in [-0.2, -0.15) is 0 Å². The number of carbonyl (C=O) groups excluding carboxylic acids is 1. The molecule has 3 saturated heterocycles. The van der Waals surface area contributed by atoms with Gasteiger partial charge in [-0.05, 0) is 23.9 Å². The topological polar surface area (TPSA) is 98.8 Å². The van der Waals surface area contributed by atoms with Gasteiger partial charge in [0.25, 0.3) is 11.5 Å². The van der Waals surface area contributed by atoms with E-state index >= 15 is 0 Å². The molecule has 3 fully saturated rings. The van der Waals surface area contributed by atoms with Crippen LogP contribution in [0.25, 0.3) is 0 Å². The van der Waals surface area contributed by atoms with Crippen LogP contribution in [0, 0.1) is 18.8 Å². The second-order valence-electron chi connectivity index (χ2n) is 8.35. The Morgan fingerprint density at radius 3 is 3.00 bits per heavy atom. The van der Waals surface area contributed by atoms with E-state index in [9.17, 15) is 14.7 Å². The minimum Gasteiger partial charge on any atom is -0.396 e. The molecule has 8 nitrogen and oxygen atoms in total. The fourth-order valence-electron chi connectivity index (χ4n) is 5.20. The van der Waals surface area contributed by atoms with Crippen molar-refractivity contribution in [3.05, 3.63) is 50.3 Å². The summed E-state index contributed by atoms with van der Waals surface area (Å²) in [6.07, 6.45) is 2.32. The lowest BCUT2D eigenvalue weighted by atomic mass is 9.83. The third-order valence-corrected chi connectivity index (χ3v) is 7.59. The Hall–Kier alpha value is -2.07. The van der Waals surface area contributed by atoms with Crippen LogP contribution in [0.1, 0.15) is 20.9 Å². The van der Waals surface area contributed by atoms with Gasteiger partial charge in [0.1, 0.15) is 11.3 Å². The number of H-pyrrole nitrogens is 1. The number of fused-ring (bicyclic) bond motifs is 1. The number of amides is 1. The Kier molecular flexibility index (Phi) is 4.58.